The smallest absolute Gasteiger partial charge is 0.174 e. The average molecular weight is 466 g/mol. The van der Waals surface area contributed by atoms with Crippen molar-refractivity contribution < 1.29 is 0 Å². The molecule has 5 rings (SSSR count). The maximum absolute atomic E-state index is 6.83. The van der Waals surface area contributed by atoms with Gasteiger partial charge in [0.1, 0.15) is 0 Å². The molecule has 1 aromatic carbocycles. The standard InChI is InChI=1S/C25H28ClN5S/c1-17-8-13-30(14-9-17)22-7-6-19(15-20(22)26)31-24(18-10-12-29(2)16-18)23(28-25(31)32)21-5-3-4-11-27-21/h3-7,10-12,15-17,23-24H,8-9,13-14H2,1-2H3,(H,28,32)/t23-,24+/m0/s1. The minimum atomic E-state index is -0.0480. The Labute approximate surface area is 200 Å². The van der Waals surface area contributed by atoms with E-state index in [1.807, 2.05) is 31.4 Å². The summed E-state index contributed by atoms with van der Waals surface area (Å²) in [6.07, 6.45) is 8.46. The van der Waals surface area contributed by atoms with Crippen LogP contribution >= 0.6 is 23.8 Å². The molecule has 0 unspecified atom stereocenters. The fourth-order valence-electron chi connectivity index (χ4n) is 4.82. The van der Waals surface area contributed by atoms with E-state index in [9.17, 15) is 0 Å². The van der Waals surface area contributed by atoms with Crippen LogP contribution < -0.4 is 15.1 Å². The molecule has 2 aliphatic heterocycles. The van der Waals surface area contributed by atoms with Crippen molar-refractivity contribution in [3.05, 3.63) is 77.3 Å². The lowest BCUT2D eigenvalue weighted by Gasteiger charge is -2.33. The third kappa shape index (κ3) is 3.97. The lowest BCUT2D eigenvalue weighted by atomic mass is 9.98. The first-order valence-electron chi connectivity index (χ1n) is 11.2. The Morgan fingerprint density at radius 3 is 2.59 bits per heavy atom. The van der Waals surface area contributed by atoms with Gasteiger partial charge in [0.2, 0.25) is 0 Å². The summed E-state index contributed by atoms with van der Waals surface area (Å²) in [5.41, 5.74) is 4.25. The van der Waals surface area contributed by atoms with E-state index < -0.39 is 0 Å². The Bertz CT molecular complexity index is 1110. The van der Waals surface area contributed by atoms with Crippen molar-refractivity contribution >= 4 is 40.3 Å². The number of pyridine rings is 1. The van der Waals surface area contributed by atoms with Gasteiger partial charge < -0.3 is 19.7 Å². The van der Waals surface area contributed by atoms with E-state index in [2.05, 4.69) is 68.3 Å². The van der Waals surface area contributed by atoms with Crippen molar-refractivity contribution in [3.63, 3.8) is 0 Å². The molecule has 0 amide bonds. The summed E-state index contributed by atoms with van der Waals surface area (Å²) in [6.45, 7) is 4.43. The molecule has 2 fully saturated rings. The van der Waals surface area contributed by atoms with Crippen LogP contribution in [-0.2, 0) is 7.05 Å². The maximum atomic E-state index is 6.83. The SMILES string of the molecule is CC1CCN(c2ccc(N3C(=S)N[C@@H](c4ccccn4)[C@H]3c3ccn(C)c3)cc2Cl)CC1. The number of aromatic nitrogens is 2. The summed E-state index contributed by atoms with van der Waals surface area (Å²) >= 11 is 12.7. The van der Waals surface area contributed by atoms with Gasteiger partial charge in [0, 0.05) is 44.4 Å². The van der Waals surface area contributed by atoms with Crippen LogP contribution in [0.15, 0.2) is 61.1 Å². The molecule has 1 N–H and O–H groups in total. The molecule has 0 spiro atoms. The summed E-state index contributed by atoms with van der Waals surface area (Å²) in [7, 11) is 2.04. The molecule has 0 saturated carbocycles. The van der Waals surface area contributed by atoms with Crippen LogP contribution in [0.3, 0.4) is 0 Å². The van der Waals surface area contributed by atoms with Crippen LogP contribution in [0.2, 0.25) is 5.02 Å². The third-order valence-electron chi connectivity index (χ3n) is 6.63. The summed E-state index contributed by atoms with van der Waals surface area (Å²) in [5, 5.41) is 4.97. The number of hydrogen-bond acceptors (Lipinski definition) is 3. The Hall–Kier alpha value is -2.57. The van der Waals surface area contributed by atoms with Crippen molar-refractivity contribution in [2.24, 2.45) is 13.0 Å². The number of nitrogens with one attached hydrogen (secondary N) is 1. The highest BCUT2D eigenvalue weighted by molar-refractivity contribution is 7.80. The van der Waals surface area contributed by atoms with Crippen LogP contribution in [-0.4, -0.2) is 27.8 Å². The summed E-state index contributed by atoms with van der Waals surface area (Å²) < 4.78 is 2.07. The van der Waals surface area contributed by atoms with Crippen molar-refractivity contribution in [2.75, 3.05) is 22.9 Å². The summed E-state index contributed by atoms with van der Waals surface area (Å²) in [5.74, 6) is 0.785. The molecule has 0 bridgehead atoms. The largest absolute Gasteiger partial charge is 0.370 e. The highest BCUT2D eigenvalue weighted by Crippen LogP contribution is 2.43. The Morgan fingerprint density at radius 2 is 1.94 bits per heavy atom. The van der Waals surface area contributed by atoms with Crippen molar-refractivity contribution in [1.82, 2.24) is 14.9 Å². The number of thiocarbonyl (C=S) groups is 1. The fraction of sp³-hybridized carbons (Fsp3) is 0.360. The number of rotatable bonds is 4. The highest BCUT2D eigenvalue weighted by atomic mass is 35.5. The number of hydrogen-bond donors (Lipinski definition) is 1. The van der Waals surface area contributed by atoms with Gasteiger partial charge in [-0.3, -0.25) is 4.98 Å². The highest BCUT2D eigenvalue weighted by Gasteiger charge is 2.41. The molecule has 2 atom stereocenters. The van der Waals surface area contributed by atoms with Gasteiger partial charge in [-0.1, -0.05) is 24.6 Å². The van der Waals surface area contributed by atoms with E-state index in [0.29, 0.717) is 5.11 Å². The zero-order valence-electron chi connectivity index (χ0n) is 18.4. The molecular weight excluding hydrogens is 438 g/mol. The molecule has 4 heterocycles. The molecule has 5 nitrogen and oxygen atoms in total. The van der Waals surface area contributed by atoms with Gasteiger partial charge in [-0.25, -0.2) is 0 Å². The molecule has 0 aliphatic carbocycles. The molecule has 2 saturated heterocycles. The van der Waals surface area contributed by atoms with Gasteiger partial charge in [0.15, 0.2) is 5.11 Å². The second kappa shape index (κ2) is 8.75. The van der Waals surface area contributed by atoms with Gasteiger partial charge in [0.05, 0.1) is 28.5 Å². The molecule has 0 radical (unpaired) electrons. The van der Waals surface area contributed by atoms with Gasteiger partial charge in [-0.2, -0.15) is 0 Å². The van der Waals surface area contributed by atoms with E-state index in [-0.39, 0.29) is 12.1 Å². The van der Waals surface area contributed by atoms with Gasteiger partial charge in [-0.15, -0.1) is 0 Å². The van der Waals surface area contributed by atoms with E-state index in [1.165, 1.54) is 18.4 Å². The zero-order valence-corrected chi connectivity index (χ0v) is 20.0. The molecule has 2 aliphatic rings. The predicted octanol–water partition coefficient (Wildman–Crippen LogP) is 5.49. The summed E-state index contributed by atoms with van der Waals surface area (Å²) in [4.78, 5) is 9.20. The van der Waals surface area contributed by atoms with E-state index in [1.54, 1.807) is 0 Å². The Morgan fingerprint density at radius 1 is 1.12 bits per heavy atom. The number of benzene rings is 1. The number of anilines is 2. The second-order valence-corrected chi connectivity index (χ2v) is 9.71. The monoisotopic (exact) mass is 465 g/mol. The zero-order chi connectivity index (χ0) is 22.2. The lowest BCUT2D eigenvalue weighted by molar-refractivity contribution is 0.438. The van der Waals surface area contributed by atoms with Crippen LogP contribution in [0.1, 0.15) is 43.1 Å². The fourth-order valence-corrected chi connectivity index (χ4v) is 5.46. The molecule has 166 valence electrons. The first-order chi connectivity index (χ1) is 15.5. The van der Waals surface area contributed by atoms with Crippen molar-refractivity contribution in [2.45, 2.75) is 31.8 Å². The van der Waals surface area contributed by atoms with Crippen molar-refractivity contribution in [1.29, 1.82) is 0 Å². The maximum Gasteiger partial charge on any atom is 0.174 e. The van der Waals surface area contributed by atoms with E-state index >= 15 is 0 Å². The average Bonchev–Trinajstić information content (AvgIpc) is 3.38. The van der Waals surface area contributed by atoms with Gasteiger partial charge in [-0.05, 0) is 72.9 Å². The molecule has 32 heavy (non-hydrogen) atoms. The second-order valence-electron chi connectivity index (χ2n) is 8.91. The third-order valence-corrected chi connectivity index (χ3v) is 7.25. The van der Waals surface area contributed by atoms with Crippen LogP contribution in [0, 0.1) is 5.92 Å². The Balaban J connectivity index is 1.51. The van der Waals surface area contributed by atoms with Crippen LogP contribution in [0.4, 0.5) is 11.4 Å². The number of nitrogens with zero attached hydrogens (tertiary/aromatic N) is 4. The summed E-state index contributed by atoms with van der Waals surface area (Å²) in [6, 6.07) is 14.4. The minimum Gasteiger partial charge on any atom is -0.370 e. The van der Waals surface area contributed by atoms with E-state index in [0.717, 1.165) is 41.1 Å². The number of piperidine rings is 1. The van der Waals surface area contributed by atoms with Crippen molar-refractivity contribution in [3.8, 4) is 0 Å². The first kappa shape index (κ1) is 21.3. The number of halogens is 1. The first-order valence-corrected chi connectivity index (χ1v) is 12.0. The number of aryl methyl sites for hydroxylation is 1. The van der Waals surface area contributed by atoms with Crippen LogP contribution in [0.5, 0.6) is 0 Å². The minimum absolute atomic E-state index is 0.0173. The normalized spacial score (nSPS) is 21.8. The lowest BCUT2D eigenvalue weighted by Crippen LogP contribution is -2.33. The van der Waals surface area contributed by atoms with Gasteiger partial charge >= 0.3 is 0 Å². The quantitative estimate of drug-likeness (QED) is 0.516. The van der Waals surface area contributed by atoms with E-state index in [4.69, 9.17) is 23.8 Å². The molecular formula is C25H28ClN5S. The van der Waals surface area contributed by atoms with Crippen LogP contribution in [0.25, 0.3) is 0 Å². The van der Waals surface area contributed by atoms with Gasteiger partial charge in [0.25, 0.3) is 0 Å². The topological polar surface area (TPSA) is 36.3 Å². The molecule has 2 aromatic heterocycles. The Kier molecular flexibility index (Phi) is 5.82. The molecule has 3 aromatic rings. The molecule has 7 heteroatoms. The predicted molar refractivity (Wildman–Crippen MR) is 135 cm³/mol.